The second kappa shape index (κ2) is 9.82. The number of nitrogens with zero attached hydrogens (tertiary/aromatic N) is 1. The number of aryl methyl sites for hydroxylation is 1. The highest BCUT2D eigenvalue weighted by Gasteiger charge is 2.28. The molecule has 32 heavy (non-hydrogen) atoms. The average Bonchev–Trinajstić information content (AvgIpc) is 2.81. The summed E-state index contributed by atoms with van der Waals surface area (Å²) in [6.07, 6.45) is 0. The van der Waals surface area contributed by atoms with Gasteiger partial charge in [-0.05, 0) is 48.4 Å². The summed E-state index contributed by atoms with van der Waals surface area (Å²) in [6, 6.07) is 17.2. The molecule has 0 heterocycles. The first-order valence-corrected chi connectivity index (χ1v) is 11.3. The second-order valence-corrected chi connectivity index (χ2v) is 8.84. The number of sulfonamides is 1. The molecule has 0 atom stereocenters. The van der Waals surface area contributed by atoms with Crippen molar-refractivity contribution in [3.8, 4) is 23.0 Å². The molecule has 3 aromatic carbocycles. The Morgan fingerprint density at radius 2 is 1.28 bits per heavy atom. The molecule has 0 aliphatic rings. The first-order chi connectivity index (χ1) is 15.3. The van der Waals surface area contributed by atoms with Crippen LogP contribution >= 0.6 is 0 Å². The van der Waals surface area contributed by atoms with Gasteiger partial charge in [0.1, 0.15) is 0 Å². The number of rotatable bonds is 9. The molecule has 0 radical (unpaired) electrons. The lowest BCUT2D eigenvalue weighted by atomic mass is 10.2. The van der Waals surface area contributed by atoms with E-state index >= 15 is 0 Å². The Kier molecular flexibility index (Phi) is 7.15. The Bertz CT molecular complexity index is 1190. The van der Waals surface area contributed by atoms with Gasteiger partial charge in [0, 0.05) is 6.07 Å². The molecule has 0 fully saturated rings. The zero-order chi connectivity index (χ0) is 23.3. The van der Waals surface area contributed by atoms with E-state index in [9.17, 15) is 8.42 Å². The van der Waals surface area contributed by atoms with Crippen molar-refractivity contribution in [3.05, 3.63) is 71.8 Å². The second-order valence-electron chi connectivity index (χ2n) is 7.01. The molecule has 0 N–H and O–H groups in total. The predicted octanol–water partition coefficient (Wildman–Crippen LogP) is 4.42. The highest BCUT2D eigenvalue weighted by Crippen LogP contribution is 2.36. The van der Waals surface area contributed by atoms with Crippen LogP contribution in [-0.4, -0.2) is 36.9 Å². The van der Waals surface area contributed by atoms with Crippen LogP contribution in [0.15, 0.2) is 65.6 Å². The molecule has 3 aromatic rings. The Balaban J connectivity index is 2.15. The zero-order valence-electron chi connectivity index (χ0n) is 18.8. The lowest BCUT2D eigenvalue weighted by Crippen LogP contribution is -2.31. The maximum absolute atomic E-state index is 13.8. The maximum atomic E-state index is 13.8. The molecule has 0 aliphatic carbocycles. The number of ether oxygens (including phenoxy) is 4. The standard InChI is InChI=1S/C24H27NO6S/c1-17-8-6-7-9-24(17)32(26,27)25(19-11-13-21(29-3)23(15-19)31-5)16-18-10-12-20(28-2)22(14-18)30-4/h6-15H,16H2,1-5H3. The van der Waals surface area contributed by atoms with Crippen molar-refractivity contribution >= 4 is 15.7 Å². The quantitative estimate of drug-likeness (QED) is 0.473. The van der Waals surface area contributed by atoms with Crippen LogP contribution < -0.4 is 23.3 Å². The summed E-state index contributed by atoms with van der Waals surface area (Å²) in [4.78, 5) is 0.232. The maximum Gasteiger partial charge on any atom is 0.264 e. The van der Waals surface area contributed by atoms with Gasteiger partial charge in [-0.15, -0.1) is 0 Å². The third-order valence-corrected chi connectivity index (χ3v) is 7.02. The van der Waals surface area contributed by atoms with E-state index in [4.69, 9.17) is 18.9 Å². The third kappa shape index (κ3) is 4.60. The number of methoxy groups -OCH3 is 4. The van der Waals surface area contributed by atoms with Crippen molar-refractivity contribution in [2.24, 2.45) is 0 Å². The van der Waals surface area contributed by atoms with E-state index in [1.165, 1.54) is 25.6 Å². The molecule has 0 saturated carbocycles. The van der Waals surface area contributed by atoms with Gasteiger partial charge in [0.25, 0.3) is 10.0 Å². The van der Waals surface area contributed by atoms with E-state index < -0.39 is 10.0 Å². The van der Waals surface area contributed by atoms with Gasteiger partial charge in [0.15, 0.2) is 23.0 Å². The molecule has 0 aliphatic heterocycles. The molecule has 170 valence electrons. The van der Waals surface area contributed by atoms with Crippen LogP contribution in [0.4, 0.5) is 5.69 Å². The highest BCUT2D eigenvalue weighted by molar-refractivity contribution is 7.92. The fourth-order valence-electron chi connectivity index (χ4n) is 3.40. The molecule has 0 saturated heterocycles. The van der Waals surface area contributed by atoms with E-state index in [2.05, 4.69) is 0 Å². The van der Waals surface area contributed by atoms with Gasteiger partial charge >= 0.3 is 0 Å². The van der Waals surface area contributed by atoms with Gasteiger partial charge < -0.3 is 18.9 Å². The number of anilines is 1. The van der Waals surface area contributed by atoms with Gasteiger partial charge in [-0.3, -0.25) is 4.31 Å². The minimum absolute atomic E-state index is 0.0759. The SMILES string of the molecule is COc1ccc(CN(c2ccc(OC)c(OC)c2)S(=O)(=O)c2ccccc2C)cc1OC. The van der Waals surface area contributed by atoms with Crippen molar-refractivity contribution in [3.63, 3.8) is 0 Å². The van der Waals surface area contributed by atoms with Crippen LogP contribution in [0.2, 0.25) is 0 Å². The van der Waals surface area contributed by atoms with Gasteiger partial charge in [0.2, 0.25) is 0 Å². The lowest BCUT2D eigenvalue weighted by Gasteiger charge is -2.26. The summed E-state index contributed by atoms with van der Waals surface area (Å²) in [5.74, 6) is 2.03. The number of benzene rings is 3. The molecule has 0 unspecified atom stereocenters. The van der Waals surface area contributed by atoms with Crippen LogP contribution in [-0.2, 0) is 16.6 Å². The normalized spacial score (nSPS) is 11.0. The van der Waals surface area contributed by atoms with Crippen LogP contribution in [0.5, 0.6) is 23.0 Å². The number of hydrogen-bond donors (Lipinski definition) is 0. The summed E-state index contributed by atoms with van der Waals surface area (Å²) in [5.41, 5.74) is 1.83. The fourth-order valence-corrected chi connectivity index (χ4v) is 5.08. The molecule has 7 nitrogen and oxygen atoms in total. The van der Waals surface area contributed by atoms with Crippen molar-refractivity contribution < 1.29 is 27.4 Å². The smallest absolute Gasteiger partial charge is 0.264 e. The van der Waals surface area contributed by atoms with Crippen molar-refractivity contribution in [1.82, 2.24) is 0 Å². The molecule has 8 heteroatoms. The fraction of sp³-hybridized carbons (Fsp3) is 0.250. The van der Waals surface area contributed by atoms with E-state index in [1.54, 1.807) is 62.6 Å². The van der Waals surface area contributed by atoms with Gasteiger partial charge in [-0.25, -0.2) is 8.42 Å². The van der Waals surface area contributed by atoms with Gasteiger partial charge in [-0.2, -0.15) is 0 Å². The average molecular weight is 458 g/mol. The Morgan fingerprint density at radius 1 is 0.719 bits per heavy atom. The lowest BCUT2D eigenvalue weighted by molar-refractivity contribution is 0.354. The summed E-state index contributed by atoms with van der Waals surface area (Å²) in [5, 5.41) is 0. The summed E-state index contributed by atoms with van der Waals surface area (Å²) < 4.78 is 50.3. The minimum atomic E-state index is -3.90. The molecule has 3 rings (SSSR count). The van der Waals surface area contributed by atoms with Gasteiger partial charge in [-0.1, -0.05) is 24.3 Å². The van der Waals surface area contributed by atoms with E-state index in [0.717, 1.165) is 5.56 Å². The first-order valence-electron chi connectivity index (χ1n) is 9.87. The first kappa shape index (κ1) is 23.3. The topological polar surface area (TPSA) is 74.3 Å². The van der Waals surface area contributed by atoms with E-state index in [-0.39, 0.29) is 11.4 Å². The van der Waals surface area contributed by atoms with Crippen LogP contribution in [0, 0.1) is 6.92 Å². The summed E-state index contributed by atoms with van der Waals surface area (Å²) in [7, 11) is 2.23. The Labute approximate surface area is 189 Å². The largest absolute Gasteiger partial charge is 0.493 e. The number of hydrogen-bond acceptors (Lipinski definition) is 6. The molecule has 0 spiro atoms. The molecule has 0 aromatic heterocycles. The van der Waals surface area contributed by atoms with E-state index in [0.29, 0.717) is 34.2 Å². The van der Waals surface area contributed by atoms with Gasteiger partial charge in [0.05, 0.1) is 45.6 Å². The molecule has 0 bridgehead atoms. The van der Waals surface area contributed by atoms with Crippen LogP contribution in [0.25, 0.3) is 0 Å². The summed E-state index contributed by atoms with van der Waals surface area (Å²) in [6.45, 7) is 1.85. The van der Waals surface area contributed by atoms with Crippen molar-refractivity contribution in [2.45, 2.75) is 18.4 Å². The van der Waals surface area contributed by atoms with E-state index in [1.807, 2.05) is 12.1 Å². The molecule has 0 amide bonds. The Hall–Kier alpha value is -3.39. The minimum Gasteiger partial charge on any atom is -0.493 e. The van der Waals surface area contributed by atoms with Crippen LogP contribution in [0.3, 0.4) is 0 Å². The summed E-state index contributed by atoms with van der Waals surface area (Å²) >= 11 is 0. The molecular formula is C24H27NO6S. The van der Waals surface area contributed by atoms with Crippen molar-refractivity contribution in [1.29, 1.82) is 0 Å². The Morgan fingerprint density at radius 3 is 1.88 bits per heavy atom. The van der Waals surface area contributed by atoms with Crippen molar-refractivity contribution in [2.75, 3.05) is 32.7 Å². The van der Waals surface area contributed by atoms with Crippen LogP contribution in [0.1, 0.15) is 11.1 Å². The highest BCUT2D eigenvalue weighted by atomic mass is 32.2. The molecular weight excluding hydrogens is 430 g/mol. The monoisotopic (exact) mass is 457 g/mol. The zero-order valence-corrected chi connectivity index (χ0v) is 19.6. The third-order valence-electron chi connectivity index (χ3n) is 5.09. The predicted molar refractivity (Wildman–Crippen MR) is 124 cm³/mol.